The summed E-state index contributed by atoms with van der Waals surface area (Å²) in [6.07, 6.45) is 2.36. The molecule has 0 amide bonds. The van der Waals surface area contributed by atoms with E-state index in [4.69, 9.17) is 9.73 Å². The maximum absolute atomic E-state index is 16.3. The number of carbonyl (C=O) groups excluding carboxylic acids is 1. The zero-order chi connectivity index (χ0) is 36.9. The monoisotopic (exact) mass is 726 g/mol. The maximum Gasteiger partial charge on any atom is 0.338 e. The van der Waals surface area contributed by atoms with Gasteiger partial charge in [0.15, 0.2) is 10.8 Å². The molecule has 51 heavy (non-hydrogen) atoms. The molecule has 2 aliphatic heterocycles. The summed E-state index contributed by atoms with van der Waals surface area (Å²) in [4.78, 5) is 36.4. The molecule has 0 radical (unpaired) electrons. The fraction of sp³-hybridized carbons (Fsp3) is 0.459. The van der Waals surface area contributed by atoms with E-state index in [1.54, 1.807) is 73.4 Å². The number of halogens is 3. The number of hydrogen-bond acceptors (Lipinski definition) is 10. The van der Waals surface area contributed by atoms with Crippen LogP contribution in [0.15, 0.2) is 76.4 Å². The topological polar surface area (TPSA) is 111 Å². The predicted octanol–water partition coefficient (Wildman–Crippen LogP) is 5.71. The number of likely N-dealkylation sites (tertiary alicyclic amines) is 1. The number of nitrogens with zero attached hydrogens (tertiary/aromatic N) is 5. The van der Waals surface area contributed by atoms with Crippen molar-refractivity contribution < 1.29 is 32.6 Å². The number of alkyl halides is 2. The van der Waals surface area contributed by atoms with Gasteiger partial charge in [0, 0.05) is 50.5 Å². The van der Waals surface area contributed by atoms with E-state index in [9.17, 15) is 19.1 Å². The molecule has 2 N–H and O–H groups in total. The number of aromatic nitrogens is 1. The predicted molar refractivity (Wildman–Crippen MR) is 190 cm³/mol. The number of thiazole rings is 1. The van der Waals surface area contributed by atoms with Crippen molar-refractivity contribution in [3.05, 3.63) is 98.9 Å². The molecule has 3 aromatic rings. The summed E-state index contributed by atoms with van der Waals surface area (Å²) in [5.41, 5.74) is 1.10. The lowest BCUT2D eigenvalue weighted by Gasteiger charge is -2.40. The summed E-state index contributed by atoms with van der Waals surface area (Å²) in [6, 6.07) is 12.0. The lowest BCUT2D eigenvalue weighted by molar-refractivity contribution is -0.151. The summed E-state index contributed by atoms with van der Waals surface area (Å²) in [6.45, 7) is 6.27. The summed E-state index contributed by atoms with van der Waals surface area (Å²) >= 11 is 1.31. The Balaban J connectivity index is 1.48. The molecular formula is C37H45F3N6O4S. The number of hydrogen-bond donors (Lipinski definition) is 2. The molecule has 0 aliphatic carbocycles. The second-order valence-corrected chi connectivity index (χ2v) is 14.5. The average molecular weight is 727 g/mol. The molecule has 5 rings (SSSR count). The van der Waals surface area contributed by atoms with Crippen LogP contribution in [0, 0.1) is 18.2 Å². The summed E-state index contributed by atoms with van der Waals surface area (Å²) in [5.74, 6) is -5.01. The van der Waals surface area contributed by atoms with Crippen LogP contribution < -0.4 is 5.32 Å². The Labute approximate surface area is 300 Å². The molecule has 14 heteroatoms. The highest BCUT2D eigenvalue weighted by atomic mass is 32.1. The van der Waals surface area contributed by atoms with E-state index in [1.807, 2.05) is 30.3 Å². The van der Waals surface area contributed by atoms with E-state index in [0.29, 0.717) is 40.6 Å². The summed E-state index contributed by atoms with van der Waals surface area (Å²) < 4.78 is 52.8. The third-order valence-electron chi connectivity index (χ3n) is 9.51. The van der Waals surface area contributed by atoms with Gasteiger partial charge >= 0.3 is 11.9 Å². The molecule has 2 aromatic carbocycles. The van der Waals surface area contributed by atoms with Crippen LogP contribution in [-0.4, -0.2) is 101 Å². The largest absolute Gasteiger partial charge is 0.481 e. The second kappa shape index (κ2) is 16.1. The number of ether oxygens (including phenoxy) is 1. The first-order chi connectivity index (χ1) is 24.2. The number of carboxylic acid groups (broad SMARTS) is 1. The van der Waals surface area contributed by atoms with Crippen molar-refractivity contribution >= 4 is 29.1 Å². The van der Waals surface area contributed by atoms with E-state index in [1.165, 1.54) is 17.4 Å². The molecular weight excluding hydrogens is 682 g/mol. The zero-order valence-electron chi connectivity index (χ0n) is 29.5. The van der Waals surface area contributed by atoms with E-state index in [0.717, 1.165) is 5.56 Å². The van der Waals surface area contributed by atoms with Gasteiger partial charge in [-0.3, -0.25) is 14.7 Å². The van der Waals surface area contributed by atoms with E-state index in [2.05, 4.69) is 10.3 Å². The quantitative estimate of drug-likeness (QED) is 0.150. The minimum atomic E-state index is -3.20. The first-order valence-electron chi connectivity index (χ1n) is 17.0. The van der Waals surface area contributed by atoms with Gasteiger partial charge < -0.3 is 15.2 Å². The van der Waals surface area contributed by atoms with Crippen molar-refractivity contribution in [2.24, 2.45) is 10.4 Å². The fourth-order valence-electron chi connectivity index (χ4n) is 6.40. The van der Waals surface area contributed by atoms with Gasteiger partial charge in [-0.2, -0.15) is 0 Å². The first kappa shape index (κ1) is 38.1. The second-order valence-electron chi connectivity index (χ2n) is 13.6. The molecule has 274 valence electrons. The van der Waals surface area contributed by atoms with Gasteiger partial charge in [-0.1, -0.05) is 42.5 Å². The number of nitrogens with one attached hydrogen (secondary N) is 1. The van der Waals surface area contributed by atoms with Gasteiger partial charge in [-0.15, -0.1) is 11.3 Å². The lowest BCUT2D eigenvalue weighted by atomic mass is 9.89. The summed E-state index contributed by atoms with van der Waals surface area (Å²) in [5, 5.41) is 18.7. The molecule has 1 fully saturated rings. The Morgan fingerprint density at radius 2 is 1.90 bits per heavy atom. The Morgan fingerprint density at radius 3 is 2.57 bits per heavy atom. The zero-order valence-corrected chi connectivity index (χ0v) is 30.4. The lowest BCUT2D eigenvalue weighted by Crippen LogP contribution is -2.55. The molecule has 1 aromatic heterocycles. The maximum atomic E-state index is 16.3. The molecule has 0 saturated carbocycles. The van der Waals surface area contributed by atoms with E-state index in [-0.39, 0.29) is 38.2 Å². The number of likely N-dealkylation sites (N-methyl/N-ethyl adjacent to an activating group) is 1. The highest BCUT2D eigenvalue weighted by Crippen LogP contribution is 2.38. The van der Waals surface area contributed by atoms with Crippen molar-refractivity contribution in [2.75, 3.05) is 46.4 Å². The Bertz CT molecular complexity index is 1750. The number of esters is 1. The van der Waals surface area contributed by atoms with Crippen LogP contribution in [0.4, 0.5) is 13.2 Å². The molecule has 1 saturated heterocycles. The summed E-state index contributed by atoms with van der Waals surface area (Å²) in [7, 11) is 1.75. The van der Waals surface area contributed by atoms with Crippen LogP contribution in [0.2, 0.25) is 0 Å². The first-order valence-corrected chi connectivity index (χ1v) is 17.8. The van der Waals surface area contributed by atoms with Gasteiger partial charge in [0.2, 0.25) is 0 Å². The number of rotatable bonds is 15. The minimum Gasteiger partial charge on any atom is -0.481 e. The molecule has 10 nitrogen and oxygen atoms in total. The normalized spacial score (nSPS) is 19.4. The fourth-order valence-corrected chi connectivity index (χ4v) is 6.98. The molecule has 2 atom stereocenters. The number of amidine groups is 1. The standard InChI is InChI=1S/C37H45F3N6O4S/c1-6-50-34(47)30-28(42-32(33-41-17-20-51-33)43-31(30)26-13-10-14-27(38)24(26)2)21-45-22-29(37(39,40)23-45)46(19-16-36(3,4)35(48)49)44(5)18-15-25-11-8-7-9-12-25/h7-14,17,20,29,31H,6,15-16,18-19,21-23H2,1-5H3,(H,42,43)(H,48,49)/t29-,31-/m0/s1. The van der Waals surface area contributed by atoms with Crippen LogP contribution in [0.3, 0.4) is 0 Å². The molecule has 0 spiro atoms. The highest BCUT2D eigenvalue weighted by molar-refractivity contribution is 7.11. The van der Waals surface area contributed by atoms with Crippen molar-refractivity contribution in [3.63, 3.8) is 0 Å². The van der Waals surface area contributed by atoms with Crippen LogP contribution >= 0.6 is 11.3 Å². The van der Waals surface area contributed by atoms with Gasteiger partial charge in [-0.05, 0) is 63.3 Å². The number of carboxylic acids is 1. The SMILES string of the molecule is CCOC(=O)C1=C(CN2C[C@H](N(CCC(C)(C)C(=O)O)N(C)CCc3ccccc3)C(F)(F)C2)NC(c2nccs2)=N[C@H]1c1cccc(F)c1C. The number of aliphatic carboxylic acids is 1. The van der Waals surface area contributed by atoms with Crippen molar-refractivity contribution in [2.45, 2.75) is 58.5 Å². The van der Waals surface area contributed by atoms with Gasteiger partial charge in [0.25, 0.3) is 5.92 Å². The molecule has 0 unspecified atom stereocenters. The Kier molecular flexibility index (Phi) is 12.0. The van der Waals surface area contributed by atoms with Crippen molar-refractivity contribution in [1.82, 2.24) is 25.2 Å². The van der Waals surface area contributed by atoms with Crippen LogP contribution in [0.5, 0.6) is 0 Å². The van der Waals surface area contributed by atoms with E-state index >= 15 is 8.78 Å². The number of carbonyl (C=O) groups is 2. The Morgan fingerprint density at radius 1 is 1.16 bits per heavy atom. The van der Waals surface area contributed by atoms with Crippen LogP contribution in [0.1, 0.15) is 54.9 Å². The van der Waals surface area contributed by atoms with E-state index < -0.39 is 47.7 Å². The highest BCUT2D eigenvalue weighted by Gasteiger charge is 2.52. The van der Waals surface area contributed by atoms with Crippen molar-refractivity contribution in [3.8, 4) is 0 Å². The van der Waals surface area contributed by atoms with Gasteiger partial charge in [0.05, 0.1) is 24.1 Å². The number of benzene rings is 2. The third-order valence-corrected chi connectivity index (χ3v) is 10.3. The molecule has 3 heterocycles. The number of hydrazine groups is 1. The minimum absolute atomic E-state index is 0.0638. The van der Waals surface area contributed by atoms with Gasteiger partial charge in [0.1, 0.15) is 17.9 Å². The third kappa shape index (κ3) is 8.86. The molecule has 2 aliphatic rings. The average Bonchev–Trinajstić information content (AvgIpc) is 3.73. The number of aliphatic imine (C=N–C) groups is 1. The molecule has 0 bridgehead atoms. The smallest absolute Gasteiger partial charge is 0.338 e. The van der Waals surface area contributed by atoms with Gasteiger partial charge in [-0.25, -0.2) is 33.0 Å². The van der Waals surface area contributed by atoms with Crippen molar-refractivity contribution in [1.29, 1.82) is 0 Å². The van der Waals surface area contributed by atoms with Crippen LogP contribution in [-0.2, 0) is 20.7 Å². The Hall–Kier alpha value is -4.11. The van der Waals surface area contributed by atoms with Crippen LogP contribution in [0.25, 0.3) is 0 Å².